The predicted molar refractivity (Wildman–Crippen MR) is 123 cm³/mol. The van der Waals surface area contributed by atoms with Crippen LogP contribution in [0.15, 0.2) is 18.2 Å². The minimum absolute atomic E-state index is 0.146. The molecule has 2 saturated heterocycles. The second-order valence-corrected chi connectivity index (χ2v) is 10.9. The summed E-state index contributed by atoms with van der Waals surface area (Å²) in [4.78, 5) is 40.9. The van der Waals surface area contributed by atoms with Crippen molar-refractivity contribution in [1.29, 1.82) is 0 Å². The number of nitrogens with zero attached hydrogens (tertiary/aromatic N) is 2. The van der Waals surface area contributed by atoms with Crippen molar-refractivity contribution in [1.82, 2.24) is 15.1 Å². The number of imide groups is 1. The van der Waals surface area contributed by atoms with Crippen LogP contribution < -0.4 is 10.1 Å². The first-order valence-electron chi connectivity index (χ1n) is 12.7. The first-order valence-corrected chi connectivity index (χ1v) is 12.7. The first kappa shape index (κ1) is 22.0. The van der Waals surface area contributed by atoms with Gasteiger partial charge >= 0.3 is 0 Å². The second kappa shape index (κ2) is 8.34. The molecule has 3 atom stereocenters. The zero-order valence-corrected chi connectivity index (χ0v) is 19.8. The van der Waals surface area contributed by atoms with Crippen molar-refractivity contribution in [2.45, 2.75) is 82.2 Å². The number of fused-ring (bicyclic) bond motifs is 1. The quantitative estimate of drug-likeness (QED) is 0.669. The van der Waals surface area contributed by atoms with Crippen molar-refractivity contribution >= 4 is 17.7 Å². The summed E-state index contributed by atoms with van der Waals surface area (Å²) in [6, 6.07) is 5.54. The Morgan fingerprint density at radius 2 is 1.85 bits per heavy atom. The maximum Gasteiger partial charge on any atom is 0.255 e. The van der Waals surface area contributed by atoms with Gasteiger partial charge in [0, 0.05) is 50.2 Å². The fourth-order valence-electron chi connectivity index (χ4n) is 6.81. The molecule has 8 heteroatoms. The van der Waals surface area contributed by atoms with Gasteiger partial charge in [-0.25, -0.2) is 0 Å². The number of hydrogen-bond acceptors (Lipinski definition) is 6. The van der Waals surface area contributed by atoms with Gasteiger partial charge in [0.1, 0.15) is 17.9 Å². The lowest BCUT2D eigenvalue weighted by Crippen LogP contribution is -2.68. The molecule has 6 rings (SSSR count). The van der Waals surface area contributed by atoms with E-state index in [0.717, 1.165) is 30.8 Å². The maximum absolute atomic E-state index is 13.0. The highest BCUT2D eigenvalue weighted by Gasteiger charge is 2.55. The van der Waals surface area contributed by atoms with E-state index >= 15 is 0 Å². The average molecular weight is 468 g/mol. The van der Waals surface area contributed by atoms with Crippen LogP contribution in [0.3, 0.4) is 0 Å². The Morgan fingerprint density at radius 1 is 1.06 bits per heavy atom. The average Bonchev–Trinajstić information content (AvgIpc) is 3.08. The minimum atomic E-state index is -0.590. The zero-order chi connectivity index (χ0) is 23.4. The molecule has 1 N–H and O–H groups in total. The molecule has 1 spiro atoms. The van der Waals surface area contributed by atoms with Crippen LogP contribution in [0.4, 0.5) is 0 Å². The summed E-state index contributed by atoms with van der Waals surface area (Å²) in [5, 5.41) is 2.36. The van der Waals surface area contributed by atoms with Gasteiger partial charge in [-0.3, -0.25) is 24.6 Å². The minimum Gasteiger partial charge on any atom is -0.489 e. The number of nitrogens with one attached hydrogen (secondary N) is 1. The summed E-state index contributed by atoms with van der Waals surface area (Å²) < 4.78 is 12.0. The van der Waals surface area contributed by atoms with E-state index in [2.05, 4.69) is 10.2 Å². The monoisotopic (exact) mass is 467 g/mol. The number of likely N-dealkylation sites (tertiary alicyclic amines) is 1. The van der Waals surface area contributed by atoms with Crippen LogP contribution in [-0.4, -0.2) is 72.0 Å². The fraction of sp³-hybridized carbons (Fsp3) is 0.654. The molecule has 0 aromatic heterocycles. The summed E-state index contributed by atoms with van der Waals surface area (Å²) in [6.07, 6.45) is 8.24. The summed E-state index contributed by atoms with van der Waals surface area (Å²) in [7, 11) is 1.81. The highest BCUT2D eigenvalue weighted by molar-refractivity contribution is 6.05. The lowest BCUT2D eigenvalue weighted by Gasteiger charge is -2.61. The van der Waals surface area contributed by atoms with Gasteiger partial charge in [-0.2, -0.15) is 0 Å². The molecule has 8 nitrogen and oxygen atoms in total. The normalized spacial score (nSPS) is 31.1. The lowest BCUT2D eigenvalue weighted by molar-refractivity contribution is -0.165. The molecule has 2 aliphatic carbocycles. The summed E-state index contributed by atoms with van der Waals surface area (Å²) in [5.41, 5.74) is 1.98. The number of carbonyl (C=O) groups excluding carboxylic acids is 3. The Bertz CT molecular complexity index is 1010. The van der Waals surface area contributed by atoms with Gasteiger partial charge in [0.2, 0.25) is 11.8 Å². The maximum atomic E-state index is 13.0. The van der Waals surface area contributed by atoms with E-state index in [0.29, 0.717) is 36.1 Å². The number of ether oxygens (including phenoxy) is 2. The Hall–Kier alpha value is -2.45. The van der Waals surface area contributed by atoms with Gasteiger partial charge in [0.15, 0.2) is 0 Å². The molecular formula is C26H33N3O5. The molecule has 0 bridgehead atoms. The third-order valence-corrected chi connectivity index (χ3v) is 8.65. The van der Waals surface area contributed by atoms with Gasteiger partial charge in [-0.1, -0.05) is 6.42 Å². The SMILES string of the molecule is COC1CC2(C1)CN([C@H]1CCCC[C@@H]1Oc1ccc3c(c1)CN(C1CCC(=O)NC1=O)C3=O)C2. The van der Waals surface area contributed by atoms with Crippen molar-refractivity contribution < 1.29 is 23.9 Å². The van der Waals surface area contributed by atoms with Crippen LogP contribution in [0.2, 0.25) is 0 Å². The third-order valence-electron chi connectivity index (χ3n) is 8.65. The van der Waals surface area contributed by atoms with Crippen LogP contribution in [0.25, 0.3) is 0 Å². The Kier molecular flexibility index (Phi) is 5.41. The van der Waals surface area contributed by atoms with Crippen molar-refractivity contribution in [2.75, 3.05) is 20.2 Å². The van der Waals surface area contributed by atoms with Gasteiger partial charge < -0.3 is 14.4 Å². The van der Waals surface area contributed by atoms with E-state index in [1.54, 1.807) is 4.90 Å². The molecule has 5 aliphatic rings. The molecule has 2 saturated carbocycles. The van der Waals surface area contributed by atoms with Gasteiger partial charge in [0.05, 0.1) is 6.10 Å². The van der Waals surface area contributed by atoms with E-state index in [4.69, 9.17) is 9.47 Å². The summed E-state index contributed by atoms with van der Waals surface area (Å²) in [6.45, 7) is 2.68. The van der Waals surface area contributed by atoms with Gasteiger partial charge in [-0.15, -0.1) is 0 Å². The molecule has 3 amide bonds. The molecule has 34 heavy (non-hydrogen) atoms. The van der Waals surface area contributed by atoms with Crippen LogP contribution in [0.5, 0.6) is 5.75 Å². The van der Waals surface area contributed by atoms with Crippen LogP contribution in [0.1, 0.15) is 67.3 Å². The molecule has 182 valence electrons. The molecule has 3 aliphatic heterocycles. The number of amides is 3. The molecule has 1 aromatic rings. The zero-order valence-electron chi connectivity index (χ0n) is 19.8. The molecule has 0 radical (unpaired) electrons. The molecule has 3 heterocycles. The highest BCUT2D eigenvalue weighted by atomic mass is 16.5. The molecule has 1 aromatic carbocycles. The standard InChI is InChI=1S/C26H33N3O5/c1-33-18-11-26(12-18)14-28(15-26)20-4-2-3-5-22(20)34-17-6-7-19-16(10-17)13-29(25(19)32)21-8-9-23(30)27-24(21)31/h6-7,10,18,20-22H,2-5,8-9,11-15H2,1H3,(H,27,30,31)/t20-,21?,22-/m0/s1. The Morgan fingerprint density at radius 3 is 2.62 bits per heavy atom. The number of methoxy groups -OCH3 is 1. The Labute approximate surface area is 199 Å². The van der Waals surface area contributed by atoms with Crippen molar-refractivity contribution in [3.05, 3.63) is 29.3 Å². The number of rotatable bonds is 5. The molecule has 4 fully saturated rings. The first-order chi connectivity index (χ1) is 16.4. The topological polar surface area (TPSA) is 88.2 Å². The second-order valence-electron chi connectivity index (χ2n) is 10.9. The van der Waals surface area contributed by atoms with Crippen LogP contribution in [0, 0.1) is 5.41 Å². The van der Waals surface area contributed by atoms with Gasteiger partial charge in [0.25, 0.3) is 5.91 Å². The van der Waals surface area contributed by atoms with E-state index in [9.17, 15) is 14.4 Å². The fourth-order valence-corrected chi connectivity index (χ4v) is 6.81. The Balaban J connectivity index is 1.11. The van der Waals surface area contributed by atoms with Crippen LogP contribution in [-0.2, 0) is 20.9 Å². The van der Waals surface area contributed by atoms with Gasteiger partial charge in [-0.05, 0) is 62.3 Å². The predicted octanol–water partition coefficient (Wildman–Crippen LogP) is 2.25. The highest BCUT2D eigenvalue weighted by Crippen LogP contribution is 2.51. The smallest absolute Gasteiger partial charge is 0.255 e. The van der Waals surface area contributed by atoms with Crippen molar-refractivity contribution in [2.24, 2.45) is 5.41 Å². The number of piperidine rings is 1. The van der Waals surface area contributed by atoms with Crippen LogP contribution >= 0.6 is 0 Å². The molecule has 1 unspecified atom stereocenters. The summed E-state index contributed by atoms with van der Waals surface area (Å²) >= 11 is 0. The van der Waals surface area contributed by atoms with E-state index < -0.39 is 6.04 Å². The van der Waals surface area contributed by atoms with E-state index in [-0.39, 0.29) is 30.2 Å². The molecular weight excluding hydrogens is 434 g/mol. The summed E-state index contributed by atoms with van der Waals surface area (Å²) in [5.74, 6) is 0.000778. The van der Waals surface area contributed by atoms with E-state index in [1.807, 2.05) is 25.3 Å². The van der Waals surface area contributed by atoms with Crippen molar-refractivity contribution in [3.8, 4) is 5.75 Å². The van der Waals surface area contributed by atoms with Crippen molar-refractivity contribution in [3.63, 3.8) is 0 Å². The largest absolute Gasteiger partial charge is 0.489 e. The van der Waals surface area contributed by atoms with E-state index in [1.165, 1.54) is 32.1 Å². The number of benzene rings is 1. The number of hydrogen-bond donors (Lipinski definition) is 1. The lowest BCUT2D eigenvalue weighted by atomic mass is 9.61. The third kappa shape index (κ3) is 3.71. The number of carbonyl (C=O) groups is 3.